The lowest BCUT2D eigenvalue weighted by molar-refractivity contribution is -0.179. The van der Waals surface area contributed by atoms with E-state index in [4.69, 9.17) is 14.2 Å². The van der Waals surface area contributed by atoms with Gasteiger partial charge in [-0.3, -0.25) is 0 Å². The van der Waals surface area contributed by atoms with E-state index in [1.807, 2.05) is 19.9 Å². The number of carbonyl (C=O) groups excluding carboxylic acids is 1. The summed E-state index contributed by atoms with van der Waals surface area (Å²) in [6.07, 6.45) is 9.26. The fraction of sp³-hybridized carbons (Fsp3) is 0.594. The summed E-state index contributed by atoms with van der Waals surface area (Å²) in [4.78, 5) is 11.9. The average molecular weight is 559 g/mol. The zero-order valence-electron chi connectivity index (χ0n) is 24.5. The van der Waals surface area contributed by atoms with Crippen LogP contribution in [0.4, 0.5) is 0 Å². The molecule has 3 unspecified atom stereocenters. The topological polar surface area (TPSA) is 78.9 Å². The Morgan fingerprint density at radius 1 is 1.15 bits per heavy atom. The predicted molar refractivity (Wildman–Crippen MR) is 155 cm³/mol. The lowest BCUT2D eigenvalue weighted by Crippen LogP contribution is -2.46. The number of hydrogen-bond donors (Lipinski definition) is 0. The summed E-state index contributed by atoms with van der Waals surface area (Å²) >= 11 is 0. The summed E-state index contributed by atoms with van der Waals surface area (Å²) in [5.74, 6) is -0.375. The zero-order chi connectivity index (χ0) is 28.6. The summed E-state index contributed by atoms with van der Waals surface area (Å²) < 4.78 is 46.5. The molecule has 0 saturated carbocycles. The highest BCUT2D eigenvalue weighted by Crippen LogP contribution is 2.47. The Balaban J connectivity index is 2.11. The van der Waals surface area contributed by atoms with Gasteiger partial charge < -0.3 is 14.2 Å². The molecule has 3 atom stereocenters. The summed E-state index contributed by atoms with van der Waals surface area (Å²) in [5.41, 5.74) is 3.58. The van der Waals surface area contributed by atoms with Gasteiger partial charge in [0.15, 0.2) is 16.1 Å². The number of methoxy groups -OCH3 is 1. The van der Waals surface area contributed by atoms with Gasteiger partial charge in [0.25, 0.3) is 0 Å². The van der Waals surface area contributed by atoms with Crippen molar-refractivity contribution in [1.29, 1.82) is 0 Å². The molecular weight excluding hydrogens is 512 g/mol. The van der Waals surface area contributed by atoms with Crippen LogP contribution in [0.2, 0.25) is 0 Å². The van der Waals surface area contributed by atoms with Crippen molar-refractivity contribution >= 4 is 15.8 Å². The molecule has 1 aromatic rings. The van der Waals surface area contributed by atoms with E-state index < -0.39 is 27.5 Å². The molecule has 1 aromatic carbocycles. The van der Waals surface area contributed by atoms with Crippen LogP contribution in [0.15, 0.2) is 69.7 Å². The number of allylic oxidation sites excluding steroid dienone is 3. The van der Waals surface area contributed by atoms with Crippen LogP contribution in [0, 0.1) is 5.41 Å². The first-order valence-electron chi connectivity index (χ1n) is 14.1. The van der Waals surface area contributed by atoms with Gasteiger partial charge in [0.1, 0.15) is 11.4 Å². The number of sulfone groups is 1. The summed E-state index contributed by atoms with van der Waals surface area (Å²) in [6.45, 7) is 10.9. The molecule has 0 amide bonds. The maximum absolute atomic E-state index is 14.5. The molecule has 2 aliphatic rings. The van der Waals surface area contributed by atoms with Crippen molar-refractivity contribution in [1.82, 2.24) is 0 Å². The minimum Gasteiger partial charge on any atom is -0.466 e. The maximum Gasteiger partial charge on any atom is 0.330 e. The SMILES string of the molecule is COC(=O)/C=C(\C)CC/C=C(\C)C(OC1CCCCO1)C(C1=C(C)CCCC1(C)C)S(=O)(=O)c1ccccc1. The molecule has 6 nitrogen and oxygen atoms in total. The second kappa shape index (κ2) is 13.9. The Labute approximate surface area is 235 Å². The van der Waals surface area contributed by atoms with Crippen LogP contribution in [-0.4, -0.2) is 45.7 Å². The third-order valence-corrected chi connectivity index (χ3v) is 10.0. The maximum atomic E-state index is 14.5. The minimum absolute atomic E-state index is 0.288. The number of carbonyl (C=O) groups is 1. The molecule has 1 aliphatic heterocycles. The van der Waals surface area contributed by atoms with Crippen molar-refractivity contribution in [3.8, 4) is 0 Å². The van der Waals surface area contributed by atoms with Crippen LogP contribution in [0.25, 0.3) is 0 Å². The van der Waals surface area contributed by atoms with Crippen molar-refractivity contribution in [3.63, 3.8) is 0 Å². The smallest absolute Gasteiger partial charge is 0.330 e. The predicted octanol–water partition coefficient (Wildman–Crippen LogP) is 7.11. The molecule has 0 N–H and O–H groups in total. The lowest BCUT2D eigenvalue weighted by Gasteiger charge is -2.42. The fourth-order valence-corrected chi connectivity index (χ4v) is 8.14. The normalized spacial score (nSPS) is 22.4. The standard InChI is InChI=1S/C32H46O6S/c1-23(22-27(33)36-6)14-12-15-25(3)30(38-28-19-10-11-21-37-28)31(29-24(2)16-13-20-32(29,4)5)39(34,35)26-17-8-7-9-18-26/h7-9,15,17-18,22,28,30-31H,10-14,16,19-21H2,1-6H3/b23-22+,25-15+. The Hall–Kier alpha value is -2.22. The number of ether oxygens (including phenoxy) is 3. The second-order valence-electron chi connectivity index (χ2n) is 11.6. The van der Waals surface area contributed by atoms with E-state index in [-0.39, 0.29) is 11.4 Å². The Bertz CT molecular complexity index is 1170. The van der Waals surface area contributed by atoms with Crippen molar-refractivity contribution in [2.45, 2.75) is 109 Å². The van der Waals surface area contributed by atoms with Crippen molar-refractivity contribution in [2.24, 2.45) is 5.41 Å². The van der Waals surface area contributed by atoms with Crippen LogP contribution in [0.1, 0.15) is 86.0 Å². The van der Waals surface area contributed by atoms with Gasteiger partial charge in [-0.1, -0.05) is 49.3 Å². The lowest BCUT2D eigenvalue weighted by atomic mass is 9.70. The van der Waals surface area contributed by atoms with Gasteiger partial charge in [-0.15, -0.1) is 0 Å². The van der Waals surface area contributed by atoms with E-state index in [2.05, 4.69) is 26.8 Å². The quantitative estimate of drug-likeness (QED) is 0.164. The molecular formula is C32H46O6S. The van der Waals surface area contributed by atoms with E-state index in [0.717, 1.165) is 60.8 Å². The van der Waals surface area contributed by atoms with E-state index in [1.165, 1.54) is 13.2 Å². The molecule has 1 heterocycles. The van der Waals surface area contributed by atoms with Gasteiger partial charge >= 0.3 is 5.97 Å². The van der Waals surface area contributed by atoms with Crippen LogP contribution in [-0.2, 0) is 28.8 Å². The van der Waals surface area contributed by atoms with Gasteiger partial charge in [0.2, 0.25) is 0 Å². The van der Waals surface area contributed by atoms with Crippen LogP contribution in [0.3, 0.4) is 0 Å². The molecule has 1 saturated heterocycles. The molecule has 1 aliphatic carbocycles. The third kappa shape index (κ3) is 8.15. The fourth-order valence-electron chi connectivity index (χ4n) is 5.87. The van der Waals surface area contributed by atoms with Crippen molar-refractivity contribution in [2.75, 3.05) is 13.7 Å². The molecule has 1 fully saturated rings. The van der Waals surface area contributed by atoms with Gasteiger partial charge in [0, 0.05) is 12.7 Å². The summed E-state index contributed by atoms with van der Waals surface area (Å²) in [7, 11) is -2.45. The molecule has 0 bridgehead atoms. The van der Waals surface area contributed by atoms with E-state index in [9.17, 15) is 13.2 Å². The number of benzene rings is 1. The van der Waals surface area contributed by atoms with Gasteiger partial charge in [-0.05, 0) is 101 Å². The third-order valence-electron chi connectivity index (χ3n) is 7.96. The Morgan fingerprint density at radius 2 is 1.87 bits per heavy atom. The number of esters is 1. The van der Waals surface area contributed by atoms with Crippen molar-refractivity contribution in [3.05, 3.63) is 64.8 Å². The first-order chi connectivity index (χ1) is 18.5. The van der Waals surface area contributed by atoms with Crippen LogP contribution in [0.5, 0.6) is 0 Å². The Kier molecular flexibility index (Phi) is 11.2. The second-order valence-corrected chi connectivity index (χ2v) is 13.6. The monoisotopic (exact) mass is 558 g/mol. The van der Waals surface area contributed by atoms with Gasteiger partial charge in [0.05, 0.1) is 12.0 Å². The summed E-state index contributed by atoms with van der Waals surface area (Å²) in [5, 5.41) is -0.872. The van der Waals surface area contributed by atoms with E-state index in [0.29, 0.717) is 24.3 Å². The highest BCUT2D eigenvalue weighted by Gasteiger charge is 2.46. The highest BCUT2D eigenvalue weighted by atomic mass is 32.2. The number of rotatable bonds is 11. The largest absolute Gasteiger partial charge is 0.466 e. The highest BCUT2D eigenvalue weighted by molar-refractivity contribution is 7.92. The molecule has 3 rings (SSSR count). The molecule has 0 aromatic heterocycles. The van der Waals surface area contributed by atoms with Crippen molar-refractivity contribution < 1.29 is 27.4 Å². The molecule has 0 radical (unpaired) electrons. The molecule has 216 valence electrons. The number of hydrogen-bond acceptors (Lipinski definition) is 6. The Morgan fingerprint density at radius 3 is 2.49 bits per heavy atom. The summed E-state index contributed by atoms with van der Waals surface area (Å²) in [6, 6.07) is 8.75. The first-order valence-corrected chi connectivity index (χ1v) is 15.7. The first kappa shape index (κ1) is 31.3. The van der Waals surface area contributed by atoms with E-state index >= 15 is 0 Å². The molecule has 39 heavy (non-hydrogen) atoms. The van der Waals surface area contributed by atoms with Crippen LogP contribution >= 0.6 is 0 Å². The average Bonchev–Trinajstić information content (AvgIpc) is 2.90. The molecule has 7 heteroatoms. The zero-order valence-corrected chi connectivity index (χ0v) is 25.3. The van der Waals surface area contributed by atoms with Gasteiger partial charge in [-0.2, -0.15) is 0 Å². The van der Waals surface area contributed by atoms with E-state index in [1.54, 1.807) is 24.3 Å². The van der Waals surface area contributed by atoms with Gasteiger partial charge in [-0.25, -0.2) is 13.2 Å². The van der Waals surface area contributed by atoms with Crippen LogP contribution < -0.4 is 0 Å². The minimum atomic E-state index is -3.81. The molecule has 0 spiro atoms.